The zero-order valence-electron chi connectivity index (χ0n) is 19.2. The lowest BCUT2D eigenvalue weighted by Crippen LogP contribution is -2.41. The highest BCUT2D eigenvalue weighted by atomic mass is 16.7. The zero-order chi connectivity index (χ0) is 22.7. The van der Waals surface area contributed by atoms with E-state index in [0.29, 0.717) is 5.69 Å². The lowest BCUT2D eigenvalue weighted by molar-refractivity contribution is -0.114. The fourth-order valence-electron chi connectivity index (χ4n) is 2.81. The molecule has 0 aromatic heterocycles. The fourth-order valence-corrected chi connectivity index (χ4v) is 2.81. The summed E-state index contributed by atoms with van der Waals surface area (Å²) in [4.78, 5) is 23.5. The maximum absolute atomic E-state index is 12.2. The Balaban J connectivity index is 2.29. The molecule has 1 heterocycles. The molecule has 164 valence electrons. The molecule has 0 aliphatic carbocycles. The van der Waals surface area contributed by atoms with Gasteiger partial charge in [-0.1, -0.05) is 18.2 Å². The first-order chi connectivity index (χ1) is 13.7. The van der Waals surface area contributed by atoms with Gasteiger partial charge in [0.15, 0.2) is 0 Å². The largest absolute Gasteiger partial charge is 0.492 e. The molecule has 0 bridgehead atoms. The van der Waals surface area contributed by atoms with Crippen molar-refractivity contribution < 1.29 is 23.6 Å². The number of benzene rings is 1. The number of hydrogen-bond acceptors (Lipinski definition) is 5. The van der Waals surface area contributed by atoms with Crippen LogP contribution in [-0.2, 0) is 18.8 Å². The van der Waals surface area contributed by atoms with Crippen molar-refractivity contribution in [3.8, 4) is 0 Å². The van der Waals surface area contributed by atoms with Gasteiger partial charge in [-0.25, -0.2) is 4.79 Å². The number of rotatable bonds is 5. The average Bonchev–Trinajstić information content (AvgIpc) is 2.77. The van der Waals surface area contributed by atoms with Crippen molar-refractivity contribution >= 4 is 30.9 Å². The van der Waals surface area contributed by atoms with Crippen LogP contribution in [0.25, 0.3) is 6.08 Å². The summed E-state index contributed by atoms with van der Waals surface area (Å²) < 4.78 is 17.7. The van der Waals surface area contributed by atoms with Crippen LogP contribution in [0.15, 0.2) is 29.7 Å². The lowest BCUT2D eigenvalue weighted by atomic mass is 9.77. The van der Waals surface area contributed by atoms with Crippen molar-refractivity contribution in [1.82, 2.24) is 5.32 Å². The minimum atomic E-state index is -0.630. The molecular weight excluding hydrogens is 383 g/mol. The molecule has 1 aliphatic heterocycles. The highest BCUT2D eigenvalue weighted by Crippen LogP contribution is 2.38. The quantitative estimate of drug-likeness (QED) is 0.704. The van der Waals surface area contributed by atoms with Crippen molar-refractivity contribution in [2.45, 2.75) is 72.2 Å². The average molecular weight is 416 g/mol. The van der Waals surface area contributed by atoms with Crippen LogP contribution in [0.4, 0.5) is 10.5 Å². The summed E-state index contributed by atoms with van der Waals surface area (Å²) in [6, 6.07) is 7.41. The molecule has 2 amide bonds. The first-order valence-electron chi connectivity index (χ1n) is 10.1. The van der Waals surface area contributed by atoms with Gasteiger partial charge in [0.25, 0.3) is 0 Å². The third-order valence-corrected chi connectivity index (χ3v) is 4.95. The minimum Gasteiger partial charge on any atom is -0.444 e. The van der Waals surface area contributed by atoms with Crippen LogP contribution in [0.2, 0.25) is 0 Å². The van der Waals surface area contributed by atoms with Gasteiger partial charge in [0.1, 0.15) is 5.60 Å². The number of amides is 2. The van der Waals surface area contributed by atoms with Crippen LogP contribution >= 0.6 is 0 Å². The van der Waals surface area contributed by atoms with Crippen LogP contribution in [0.5, 0.6) is 0 Å². The fraction of sp³-hybridized carbons (Fsp3) is 0.545. The molecule has 7 nitrogen and oxygen atoms in total. The maximum Gasteiger partial charge on any atom is 0.492 e. The van der Waals surface area contributed by atoms with E-state index in [0.717, 1.165) is 11.0 Å². The van der Waals surface area contributed by atoms with Crippen molar-refractivity contribution in [2.24, 2.45) is 0 Å². The van der Waals surface area contributed by atoms with Gasteiger partial charge in [0.05, 0.1) is 11.2 Å². The minimum absolute atomic E-state index is 0.145. The number of ether oxygens (including phenoxy) is 1. The maximum atomic E-state index is 12.2. The van der Waals surface area contributed by atoms with Crippen LogP contribution in [0.3, 0.4) is 0 Å². The summed E-state index contributed by atoms with van der Waals surface area (Å²) in [6.45, 7) is 15.0. The van der Waals surface area contributed by atoms with Gasteiger partial charge >= 0.3 is 13.2 Å². The molecule has 1 aromatic rings. The molecule has 1 aromatic carbocycles. The number of carbonyl (C=O) groups is 2. The van der Waals surface area contributed by atoms with E-state index in [1.807, 2.05) is 78.8 Å². The smallest absolute Gasteiger partial charge is 0.444 e. The van der Waals surface area contributed by atoms with Gasteiger partial charge in [-0.2, -0.15) is 0 Å². The summed E-state index contributed by atoms with van der Waals surface area (Å²) in [5, 5.41) is 5.55. The van der Waals surface area contributed by atoms with E-state index in [-0.39, 0.29) is 12.5 Å². The Kier molecular flexibility index (Phi) is 7.04. The molecule has 2 rings (SSSR count). The third-order valence-electron chi connectivity index (χ3n) is 4.95. The Hall–Kier alpha value is -2.32. The van der Waals surface area contributed by atoms with Crippen molar-refractivity contribution in [3.63, 3.8) is 0 Å². The van der Waals surface area contributed by atoms with Gasteiger partial charge in [0, 0.05) is 19.2 Å². The summed E-state index contributed by atoms with van der Waals surface area (Å²) in [6.07, 6.45) is 1.38. The van der Waals surface area contributed by atoms with Crippen molar-refractivity contribution in [3.05, 3.63) is 35.3 Å². The van der Waals surface area contributed by atoms with E-state index in [4.69, 9.17) is 14.0 Å². The van der Waals surface area contributed by atoms with E-state index in [2.05, 4.69) is 10.6 Å². The molecule has 8 heteroatoms. The Bertz CT molecular complexity index is 811. The Morgan fingerprint density at radius 1 is 1.13 bits per heavy atom. The first kappa shape index (κ1) is 24.0. The molecule has 0 unspecified atom stereocenters. The van der Waals surface area contributed by atoms with Crippen LogP contribution < -0.4 is 10.6 Å². The predicted octanol–water partition coefficient (Wildman–Crippen LogP) is 4.18. The van der Waals surface area contributed by atoms with E-state index in [1.165, 1.54) is 6.92 Å². The van der Waals surface area contributed by atoms with Crippen molar-refractivity contribution in [1.29, 1.82) is 0 Å². The molecule has 0 spiro atoms. The molecule has 1 aliphatic rings. The second-order valence-electron chi connectivity index (χ2n) is 9.47. The second-order valence-corrected chi connectivity index (χ2v) is 9.47. The molecular formula is C22H33BN2O5. The van der Waals surface area contributed by atoms with Crippen molar-refractivity contribution in [2.75, 3.05) is 11.9 Å². The third kappa shape index (κ3) is 6.60. The van der Waals surface area contributed by atoms with Gasteiger partial charge in [-0.05, 0) is 71.6 Å². The normalized spacial score (nSPS) is 18.1. The van der Waals surface area contributed by atoms with Gasteiger partial charge in [-0.3, -0.25) is 4.79 Å². The first-order valence-corrected chi connectivity index (χ1v) is 10.1. The zero-order valence-corrected chi connectivity index (χ0v) is 19.2. The number of carbonyl (C=O) groups excluding carboxylic acids is 2. The highest BCUT2D eigenvalue weighted by molar-refractivity contribution is 6.56. The molecule has 1 fully saturated rings. The Morgan fingerprint density at radius 2 is 1.73 bits per heavy atom. The van der Waals surface area contributed by atoms with E-state index in [1.54, 1.807) is 0 Å². The number of alkyl carbamates (subject to hydrolysis) is 1. The standard InChI is InChI=1S/C22H33BN2O5/c1-15(26)25-18-11-9-10-16(13-18)12-17(14-24-19(27)28-20(2,3)4)23-29-21(5,6)22(7,8)30-23/h9-13H,14H2,1-8H3,(H,24,27)(H,25,26). The van der Waals surface area contributed by atoms with Gasteiger partial charge in [-0.15, -0.1) is 0 Å². The van der Waals surface area contributed by atoms with Crippen LogP contribution in [0.1, 0.15) is 61.0 Å². The molecule has 0 saturated carbocycles. The van der Waals surface area contributed by atoms with E-state index >= 15 is 0 Å². The lowest BCUT2D eigenvalue weighted by Gasteiger charge is -2.32. The number of nitrogens with one attached hydrogen (secondary N) is 2. The summed E-state index contributed by atoms with van der Waals surface area (Å²) in [5.41, 5.74) is 0.646. The topological polar surface area (TPSA) is 85.9 Å². The van der Waals surface area contributed by atoms with E-state index in [9.17, 15) is 9.59 Å². The summed E-state index contributed by atoms with van der Waals surface area (Å²) >= 11 is 0. The number of hydrogen-bond donors (Lipinski definition) is 2. The summed E-state index contributed by atoms with van der Waals surface area (Å²) in [7, 11) is -0.630. The summed E-state index contributed by atoms with van der Waals surface area (Å²) in [5.74, 6) is -0.145. The predicted molar refractivity (Wildman–Crippen MR) is 119 cm³/mol. The Labute approximate surface area is 179 Å². The van der Waals surface area contributed by atoms with Gasteiger partial charge in [0.2, 0.25) is 5.91 Å². The number of anilines is 1. The molecule has 1 saturated heterocycles. The monoisotopic (exact) mass is 416 g/mol. The van der Waals surface area contributed by atoms with Gasteiger partial charge < -0.3 is 24.7 Å². The molecule has 0 radical (unpaired) electrons. The molecule has 30 heavy (non-hydrogen) atoms. The second kappa shape index (κ2) is 8.82. The Morgan fingerprint density at radius 3 is 2.27 bits per heavy atom. The molecule has 2 N–H and O–H groups in total. The highest BCUT2D eigenvalue weighted by Gasteiger charge is 2.52. The van der Waals surface area contributed by atoms with E-state index < -0.39 is 30.0 Å². The molecule has 0 atom stereocenters. The van der Waals surface area contributed by atoms with Crippen LogP contribution in [0, 0.1) is 0 Å². The van der Waals surface area contributed by atoms with Crippen LogP contribution in [-0.4, -0.2) is 42.5 Å². The SMILES string of the molecule is CC(=O)Nc1cccc(C=C(CNC(=O)OC(C)(C)C)B2OC(C)(C)C(C)(C)O2)c1.